The molecule has 43 heavy (non-hydrogen) atoms. The van der Waals surface area contributed by atoms with E-state index >= 15 is 0 Å². The lowest BCUT2D eigenvalue weighted by Crippen LogP contribution is -2.18. The van der Waals surface area contributed by atoms with Gasteiger partial charge in [-0.05, 0) is 79.9 Å². The molecule has 3 aromatic heterocycles. The van der Waals surface area contributed by atoms with Gasteiger partial charge in [-0.1, -0.05) is 6.07 Å². The van der Waals surface area contributed by atoms with E-state index in [4.69, 9.17) is 9.72 Å². The standard InChI is InChI=1S/C31H26F4N6O2/c1-18-14-19(7-8-24(18)32)27-28(41-29(40-27)25(10-12-38-41)37-17-23-6-3-13-43-23)20-9-11-36-26(16-20)39-30(42)21-4-2-5-22(15-21)31(33,34)35/h2,4-5,7-12,14-16,23,37H,3,6,13,17H2,1H3,(H,36,39,42). The van der Waals surface area contributed by atoms with Crippen LogP contribution in [0.25, 0.3) is 28.2 Å². The van der Waals surface area contributed by atoms with Crippen molar-refractivity contribution in [2.24, 2.45) is 0 Å². The molecule has 5 aromatic rings. The Hall–Kier alpha value is -4.84. The van der Waals surface area contributed by atoms with Crippen LogP contribution in [-0.4, -0.2) is 44.7 Å². The van der Waals surface area contributed by atoms with E-state index in [2.05, 4.69) is 20.7 Å². The Morgan fingerprint density at radius 1 is 1.07 bits per heavy atom. The average Bonchev–Trinajstić information content (AvgIpc) is 3.66. The molecule has 8 nitrogen and oxygen atoms in total. The van der Waals surface area contributed by atoms with Gasteiger partial charge in [-0.3, -0.25) is 4.79 Å². The lowest BCUT2D eigenvalue weighted by molar-refractivity contribution is -0.137. The average molecular weight is 591 g/mol. The van der Waals surface area contributed by atoms with Crippen molar-refractivity contribution < 1.29 is 27.1 Å². The van der Waals surface area contributed by atoms with Crippen LogP contribution in [0, 0.1) is 12.7 Å². The molecule has 1 unspecified atom stereocenters. The van der Waals surface area contributed by atoms with Crippen LogP contribution in [0.5, 0.6) is 0 Å². The number of benzene rings is 2. The molecular formula is C31H26F4N6O2. The minimum absolute atomic E-state index is 0.0880. The van der Waals surface area contributed by atoms with Crippen LogP contribution < -0.4 is 10.6 Å². The summed E-state index contributed by atoms with van der Waals surface area (Å²) in [6.45, 7) is 2.98. The Morgan fingerprint density at radius 3 is 2.70 bits per heavy atom. The monoisotopic (exact) mass is 590 g/mol. The minimum atomic E-state index is -4.59. The van der Waals surface area contributed by atoms with Gasteiger partial charge in [0.05, 0.1) is 29.2 Å². The van der Waals surface area contributed by atoms with Crippen molar-refractivity contribution in [2.45, 2.75) is 32.0 Å². The number of fused-ring (bicyclic) bond motifs is 1. The van der Waals surface area contributed by atoms with E-state index in [1.807, 2.05) is 6.07 Å². The predicted molar refractivity (Wildman–Crippen MR) is 153 cm³/mol. The smallest absolute Gasteiger partial charge is 0.379 e. The highest BCUT2D eigenvalue weighted by Crippen LogP contribution is 2.36. The number of aromatic nitrogens is 4. The fourth-order valence-electron chi connectivity index (χ4n) is 5.04. The first-order valence-electron chi connectivity index (χ1n) is 13.6. The number of anilines is 2. The molecule has 2 N–H and O–H groups in total. The summed E-state index contributed by atoms with van der Waals surface area (Å²) in [5.74, 6) is -0.986. The first kappa shape index (κ1) is 28.3. The van der Waals surface area contributed by atoms with Crippen LogP contribution in [0.1, 0.15) is 34.3 Å². The van der Waals surface area contributed by atoms with E-state index in [0.29, 0.717) is 40.3 Å². The van der Waals surface area contributed by atoms with Crippen molar-refractivity contribution in [3.63, 3.8) is 0 Å². The second-order valence-corrected chi connectivity index (χ2v) is 10.2. The Kier molecular flexibility index (Phi) is 7.53. The summed E-state index contributed by atoms with van der Waals surface area (Å²) >= 11 is 0. The maximum absolute atomic E-state index is 14.2. The lowest BCUT2D eigenvalue weighted by Gasteiger charge is -2.12. The van der Waals surface area contributed by atoms with Crippen molar-refractivity contribution in [3.8, 4) is 22.5 Å². The van der Waals surface area contributed by atoms with Gasteiger partial charge in [0.25, 0.3) is 5.91 Å². The zero-order valence-corrected chi connectivity index (χ0v) is 23.0. The molecule has 1 amide bonds. The van der Waals surface area contributed by atoms with E-state index < -0.39 is 17.6 Å². The number of imidazole rings is 1. The second-order valence-electron chi connectivity index (χ2n) is 10.2. The number of carbonyl (C=O) groups is 1. The van der Waals surface area contributed by atoms with Crippen LogP contribution in [0.3, 0.4) is 0 Å². The number of pyridine rings is 1. The van der Waals surface area contributed by atoms with E-state index in [1.54, 1.807) is 41.9 Å². The molecule has 0 bridgehead atoms. The summed E-state index contributed by atoms with van der Waals surface area (Å²) < 4.78 is 61.1. The summed E-state index contributed by atoms with van der Waals surface area (Å²) in [6, 6.07) is 14.0. The Bertz CT molecular complexity index is 1810. The highest BCUT2D eigenvalue weighted by atomic mass is 19.4. The largest absolute Gasteiger partial charge is 0.416 e. The molecule has 1 aliphatic heterocycles. The molecule has 2 aromatic carbocycles. The van der Waals surface area contributed by atoms with Crippen LogP contribution in [0.15, 0.2) is 73.1 Å². The van der Waals surface area contributed by atoms with Gasteiger partial charge in [-0.2, -0.15) is 18.3 Å². The Balaban J connectivity index is 1.40. The molecule has 220 valence electrons. The Labute approximate surface area is 243 Å². The van der Waals surface area contributed by atoms with Crippen molar-refractivity contribution in [1.82, 2.24) is 19.6 Å². The normalized spacial score (nSPS) is 15.1. The van der Waals surface area contributed by atoms with Gasteiger partial charge in [0.2, 0.25) is 0 Å². The highest BCUT2D eigenvalue weighted by molar-refractivity contribution is 6.04. The molecule has 0 saturated carbocycles. The number of aryl methyl sites for hydroxylation is 1. The third-order valence-corrected chi connectivity index (χ3v) is 7.22. The summed E-state index contributed by atoms with van der Waals surface area (Å²) in [5, 5.41) is 10.5. The molecule has 0 aliphatic carbocycles. The third-order valence-electron chi connectivity index (χ3n) is 7.22. The first-order valence-corrected chi connectivity index (χ1v) is 13.6. The number of ether oxygens (including phenoxy) is 1. The maximum Gasteiger partial charge on any atom is 0.416 e. The van der Waals surface area contributed by atoms with Gasteiger partial charge >= 0.3 is 6.18 Å². The first-order chi connectivity index (χ1) is 20.7. The number of nitrogens with one attached hydrogen (secondary N) is 2. The van der Waals surface area contributed by atoms with Crippen molar-refractivity contribution in [2.75, 3.05) is 23.8 Å². The topological polar surface area (TPSA) is 93.4 Å². The van der Waals surface area contributed by atoms with Gasteiger partial charge in [-0.15, -0.1) is 0 Å². The molecule has 4 heterocycles. The molecule has 1 saturated heterocycles. The van der Waals surface area contributed by atoms with Crippen molar-refractivity contribution >= 4 is 23.1 Å². The van der Waals surface area contributed by atoms with Gasteiger partial charge < -0.3 is 15.4 Å². The van der Waals surface area contributed by atoms with Crippen LogP contribution in [0.4, 0.5) is 29.1 Å². The predicted octanol–water partition coefficient (Wildman–Crippen LogP) is 6.77. The number of amides is 1. The molecule has 12 heteroatoms. The minimum Gasteiger partial charge on any atom is -0.379 e. The number of alkyl halides is 3. The fraction of sp³-hybridized carbons (Fsp3) is 0.226. The quantitative estimate of drug-likeness (QED) is 0.203. The number of rotatable bonds is 7. The molecule has 1 aliphatic rings. The highest BCUT2D eigenvalue weighted by Gasteiger charge is 2.31. The Morgan fingerprint density at radius 2 is 1.93 bits per heavy atom. The summed E-state index contributed by atoms with van der Waals surface area (Å²) in [6.07, 6.45) is 0.569. The summed E-state index contributed by atoms with van der Waals surface area (Å²) in [5.41, 5.74) is 2.89. The molecule has 0 spiro atoms. The van der Waals surface area contributed by atoms with Crippen LogP contribution in [-0.2, 0) is 10.9 Å². The number of hydrogen-bond acceptors (Lipinski definition) is 6. The van der Waals surface area contributed by atoms with Crippen LogP contribution >= 0.6 is 0 Å². The SMILES string of the molecule is Cc1cc(-c2nc3c(NCC4CCCO4)ccnn3c2-c2ccnc(NC(=O)c3cccc(C(F)(F)F)c3)c2)ccc1F. The third kappa shape index (κ3) is 5.91. The summed E-state index contributed by atoms with van der Waals surface area (Å²) in [4.78, 5) is 22.0. The van der Waals surface area contributed by atoms with Gasteiger partial charge in [0, 0.05) is 36.0 Å². The van der Waals surface area contributed by atoms with E-state index in [1.165, 1.54) is 24.4 Å². The molecular weight excluding hydrogens is 564 g/mol. The molecule has 0 radical (unpaired) electrons. The van der Waals surface area contributed by atoms with Gasteiger partial charge in [0.15, 0.2) is 5.65 Å². The number of halogens is 4. The van der Waals surface area contributed by atoms with Crippen LogP contribution in [0.2, 0.25) is 0 Å². The maximum atomic E-state index is 14.2. The van der Waals surface area contributed by atoms with E-state index in [-0.39, 0.29) is 23.3 Å². The lowest BCUT2D eigenvalue weighted by atomic mass is 10.0. The summed E-state index contributed by atoms with van der Waals surface area (Å²) in [7, 11) is 0. The van der Waals surface area contributed by atoms with Crippen molar-refractivity contribution in [1.29, 1.82) is 0 Å². The van der Waals surface area contributed by atoms with Crippen molar-refractivity contribution in [3.05, 3.63) is 95.6 Å². The molecule has 6 rings (SSSR count). The zero-order chi connectivity index (χ0) is 30.1. The second kappa shape index (κ2) is 11.4. The molecule has 1 fully saturated rings. The van der Waals surface area contributed by atoms with Gasteiger partial charge in [-0.25, -0.2) is 18.9 Å². The fourth-order valence-corrected chi connectivity index (χ4v) is 5.04. The van der Waals surface area contributed by atoms with Gasteiger partial charge in [0.1, 0.15) is 17.3 Å². The number of nitrogens with zero attached hydrogens (tertiary/aromatic N) is 4. The zero-order valence-electron chi connectivity index (χ0n) is 23.0. The van der Waals surface area contributed by atoms with E-state index in [9.17, 15) is 22.4 Å². The van der Waals surface area contributed by atoms with E-state index in [0.717, 1.165) is 37.3 Å². The number of carbonyl (C=O) groups excluding carboxylic acids is 1. The molecule has 1 atom stereocenters. The number of hydrogen-bond donors (Lipinski definition) is 2.